The quantitative estimate of drug-likeness (QED) is 0.347. The number of rotatable bonds is 5. The fraction of sp³-hybridized carbons (Fsp3) is 0.222. The smallest absolute Gasteiger partial charge is 0.405 e. The molecule has 0 bridgehead atoms. The van der Waals surface area contributed by atoms with E-state index in [1.165, 1.54) is 17.2 Å². The van der Waals surface area contributed by atoms with Gasteiger partial charge in [0.1, 0.15) is 17.2 Å². The molecule has 1 fully saturated rings. The maximum absolute atomic E-state index is 14.7. The van der Waals surface area contributed by atoms with Crippen LogP contribution in [0.5, 0.6) is 0 Å². The highest BCUT2D eigenvalue weighted by Crippen LogP contribution is 2.37. The van der Waals surface area contributed by atoms with Gasteiger partial charge in [0.25, 0.3) is 11.8 Å². The van der Waals surface area contributed by atoms with Crippen molar-refractivity contribution in [3.05, 3.63) is 78.1 Å². The van der Waals surface area contributed by atoms with Gasteiger partial charge in [-0.3, -0.25) is 9.78 Å². The van der Waals surface area contributed by atoms with E-state index in [9.17, 15) is 22.8 Å². The number of hydrogen-bond acceptors (Lipinski definition) is 4. The molecule has 2 aromatic carbocycles. The fourth-order valence-corrected chi connectivity index (χ4v) is 4.44. The number of amides is 2. The maximum atomic E-state index is 14.7. The third-order valence-electron chi connectivity index (χ3n) is 6.39. The molecule has 1 aliphatic rings. The number of aromatic nitrogens is 1. The van der Waals surface area contributed by atoms with Crippen molar-refractivity contribution in [1.82, 2.24) is 15.2 Å². The van der Waals surface area contributed by atoms with Crippen LogP contribution in [0.2, 0.25) is 0 Å². The Morgan fingerprint density at radius 1 is 1.03 bits per heavy atom. The second-order valence-corrected chi connectivity index (χ2v) is 8.89. The largest absolute Gasteiger partial charge is 0.465 e. The van der Waals surface area contributed by atoms with Crippen LogP contribution in [-0.4, -0.2) is 46.0 Å². The Morgan fingerprint density at radius 2 is 1.76 bits per heavy atom. The van der Waals surface area contributed by atoms with Crippen LogP contribution in [0.1, 0.15) is 29.0 Å². The number of likely N-dealkylation sites (tertiary alicyclic amines) is 1. The first-order chi connectivity index (χ1) is 17.7. The molecule has 37 heavy (non-hydrogen) atoms. The minimum Gasteiger partial charge on any atom is -0.465 e. The van der Waals surface area contributed by atoms with Crippen LogP contribution in [0.3, 0.4) is 0 Å². The molecular weight excluding hydrogens is 487 g/mol. The molecule has 0 atom stereocenters. The Hall–Kier alpha value is -4.34. The number of fused-ring (bicyclic) bond motifs is 1. The lowest BCUT2D eigenvalue weighted by Crippen LogP contribution is -2.42. The zero-order valence-electron chi connectivity index (χ0n) is 19.5. The van der Waals surface area contributed by atoms with E-state index >= 15 is 0 Å². The number of carbonyl (C=O) groups excluding carboxylic acids is 1. The number of alkyl halides is 2. The van der Waals surface area contributed by atoms with E-state index in [4.69, 9.17) is 9.52 Å². The molecule has 4 aromatic rings. The summed E-state index contributed by atoms with van der Waals surface area (Å²) in [6, 6.07) is 13.5. The van der Waals surface area contributed by atoms with Gasteiger partial charge in [0.05, 0.1) is 12.7 Å². The first-order valence-corrected chi connectivity index (χ1v) is 11.6. The average Bonchev–Trinajstić information content (AvgIpc) is 3.30. The van der Waals surface area contributed by atoms with Gasteiger partial charge in [0.15, 0.2) is 0 Å². The summed E-state index contributed by atoms with van der Waals surface area (Å²) in [5.74, 6) is -3.22. The third kappa shape index (κ3) is 5.13. The molecule has 0 unspecified atom stereocenters. The van der Waals surface area contributed by atoms with Crippen molar-refractivity contribution in [2.24, 2.45) is 0 Å². The summed E-state index contributed by atoms with van der Waals surface area (Å²) >= 11 is 0. The standard InChI is InChI=1S/C27H22F3N3O4/c28-23-15-31-8-5-21(23)22-13-18(11-19-12-20(37-24(19)22)14-32-26(35)36)16-1-3-17(4-2-16)25(34)33-9-6-27(29,30)7-10-33/h1-5,8,11-13,15,32H,6-7,9-10,14H2,(H,35,36). The molecule has 1 aliphatic heterocycles. The van der Waals surface area contributed by atoms with E-state index in [2.05, 4.69) is 10.3 Å². The van der Waals surface area contributed by atoms with Gasteiger partial charge in [-0.15, -0.1) is 0 Å². The van der Waals surface area contributed by atoms with E-state index in [1.54, 1.807) is 36.4 Å². The fourth-order valence-electron chi connectivity index (χ4n) is 4.44. The molecule has 10 heteroatoms. The number of carboxylic acid groups (broad SMARTS) is 1. The van der Waals surface area contributed by atoms with Crippen LogP contribution < -0.4 is 5.32 Å². The van der Waals surface area contributed by atoms with Gasteiger partial charge in [-0.1, -0.05) is 12.1 Å². The molecule has 0 spiro atoms. The van der Waals surface area contributed by atoms with Crippen molar-refractivity contribution in [2.45, 2.75) is 25.3 Å². The van der Waals surface area contributed by atoms with Crippen LogP contribution in [0, 0.1) is 5.82 Å². The first kappa shape index (κ1) is 24.4. The van der Waals surface area contributed by atoms with Crippen molar-refractivity contribution in [3.63, 3.8) is 0 Å². The van der Waals surface area contributed by atoms with Crippen molar-refractivity contribution < 1.29 is 32.3 Å². The molecule has 0 aliphatic carbocycles. The van der Waals surface area contributed by atoms with Gasteiger partial charge >= 0.3 is 6.09 Å². The molecule has 2 aromatic heterocycles. The lowest BCUT2D eigenvalue weighted by atomic mass is 9.96. The highest BCUT2D eigenvalue weighted by atomic mass is 19.3. The molecular formula is C27H22F3N3O4. The number of hydrogen-bond donors (Lipinski definition) is 2. The zero-order chi connectivity index (χ0) is 26.2. The Kier molecular flexibility index (Phi) is 6.32. The topological polar surface area (TPSA) is 95.7 Å². The van der Waals surface area contributed by atoms with Crippen molar-refractivity contribution >= 4 is 23.0 Å². The van der Waals surface area contributed by atoms with Gasteiger partial charge in [-0.05, 0) is 47.5 Å². The van der Waals surface area contributed by atoms with E-state index in [0.29, 0.717) is 33.4 Å². The summed E-state index contributed by atoms with van der Waals surface area (Å²) in [6.07, 6.45) is 0.665. The van der Waals surface area contributed by atoms with Gasteiger partial charge in [-0.25, -0.2) is 18.0 Å². The highest BCUT2D eigenvalue weighted by molar-refractivity contribution is 5.98. The summed E-state index contributed by atoms with van der Waals surface area (Å²) in [4.78, 5) is 28.9. The summed E-state index contributed by atoms with van der Waals surface area (Å²) in [5, 5.41) is 11.8. The molecule has 1 saturated heterocycles. The Morgan fingerprint density at radius 3 is 2.43 bits per heavy atom. The molecule has 5 rings (SSSR count). The van der Waals surface area contributed by atoms with E-state index in [-0.39, 0.29) is 43.9 Å². The van der Waals surface area contributed by atoms with Crippen molar-refractivity contribution in [1.29, 1.82) is 0 Å². The van der Waals surface area contributed by atoms with Gasteiger partial charge in [0, 0.05) is 54.2 Å². The minimum absolute atomic E-state index is 0.00463. The monoisotopic (exact) mass is 509 g/mol. The predicted molar refractivity (Wildman–Crippen MR) is 130 cm³/mol. The van der Waals surface area contributed by atoms with Crippen LogP contribution in [0.4, 0.5) is 18.0 Å². The van der Waals surface area contributed by atoms with Crippen LogP contribution >= 0.6 is 0 Å². The molecule has 190 valence electrons. The number of nitrogens with one attached hydrogen (secondary N) is 1. The first-order valence-electron chi connectivity index (χ1n) is 11.6. The molecule has 0 radical (unpaired) electrons. The Balaban J connectivity index is 1.49. The van der Waals surface area contributed by atoms with Gasteiger partial charge in [0.2, 0.25) is 0 Å². The minimum atomic E-state index is -2.73. The number of halogens is 3. The summed E-state index contributed by atoms with van der Waals surface area (Å²) in [6.45, 7) is -0.0494. The van der Waals surface area contributed by atoms with Crippen LogP contribution in [0.25, 0.3) is 33.2 Å². The molecule has 0 saturated carbocycles. The number of furan rings is 1. The summed E-state index contributed by atoms with van der Waals surface area (Å²) < 4.78 is 47.5. The Labute approximate surface area is 209 Å². The van der Waals surface area contributed by atoms with E-state index in [1.807, 2.05) is 6.07 Å². The highest BCUT2D eigenvalue weighted by Gasteiger charge is 2.35. The number of benzene rings is 2. The summed E-state index contributed by atoms with van der Waals surface area (Å²) in [7, 11) is 0. The molecule has 3 heterocycles. The van der Waals surface area contributed by atoms with E-state index < -0.39 is 17.8 Å². The number of nitrogens with zero attached hydrogens (tertiary/aromatic N) is 2. The third-order valence-corrected chi connectivity index (χ3v) is 6.39. The van der Waals surface area contributed by atoms with Crippen LogP contribution in [0.15, 0.2) is 65.3 Å². The second kappa shape index (κ2) is 9.61. The molecule has 2 amide bonds. The summed E-state index contributed by atoms with van der Waals surface area (Å²) in [5.41, 5.74) is 2.97. The average molecular weight is 509 g/mol. The van der Waals surface area contributed by atoms with Gasteiger partial charge in [-0.2, -0.15) is 0 Å². The normalized spacial score (nSPS) is 15.1. The second-order valence-electron chi connectivity index (χ2n) is 8.89. The Bertz CT molecular complexity index is 1470. The van der Waals surface area contributed by atoms with Crippen LogP contribution in [-0.2, 0) is 6.54 Å². The van der Waals surface area contributed by atoms with Crippen molar-refractivity contribution in [2.75, 3.05) is 13.1 Å². The van der Waals surface area contributed by atoms with E-state index in [0.717, 1.165) is 11.8 Å². The lowest BCUT2D eigenvalue weighted by Gasteiger charge is -2.31. The molecule has 7 nitrogen and oxygen atoms in total. The number of carbonyl (C=O) groups is 2. The SMILES string of the molecule is O=C(O)NCc1cc2cc(-c3ccc(C(=O)N4CCC(F)(F)CC4)cc3)cc(-c3ccncc3F)c2o1. The maximum Gasteiger partial charge on any atom is 0.405 e. The number of piperidine rings is 1. The van der Waals surface area contributed by atoms with Crippen molar-refractivity contribution in [3.8, 4) is 22.3 Å². The number of pyridine rings is 1. The van der Waals surface area contributed by atoms with Gasteiger partial charge < -0.3 is 19.7 Å². The zero-order valence-corrected chi connectivity index (χ0v) is 19.5. The predicted octanol–water partition coefficient (Wildman–Crippen LogP) is 5.94. The molecule has 2 N–H and O–H groups in total. The lowest BCUT2D eigenvalue weighted by molar-refractivity contribution is -0.0494.